The van der Waals surface area contributed by atoms with Crippen molar-refractivity contribution in [2.75, 3.05) is 23.8 Å². The first-order valence-corrected chi connectivity index (χ1v) is 10.3. The molecule has 32 heavy (non-hydrogen) atoms. The highest BCUT2D eigenvalue weighted by molar-refractivity contribution is 5.64. The van der Waals surface area contributed by atoms with Gasteiger partial charge in [-0.3, -0.25) is 0 Å². The lowest BCUT2D eigenvalue weighted by Crippen LogP contribution is -2.12. The molecule has 3 aromatic rings. The second-order valence-corrected chi connectivity index (χ2v) is 6.95. The van der Waals surface area contributed by atoms with Crippen molar-refractivity contribution in [3.05, 3.63) is 60.3 Å². The number of anilines is 4. The van der Waals surface area contributed by atoms with Gasteiger partial charge in [-0.15, -0.1) is 0 Å². The average Bonchev–Trinajstić information content (AvgIpc) is 2.77. The molecule has 0 unspecified atom stereocenters. The van der Waals surface area contributed by atoms with Crippen LogP contribution < -0.4 is 20.1 Å². The molecule has 2 N–H and O–H groups in total. The maximum atomic E-state index is 13.5. The van der Waals surface area contributed by atoms with Crippen molar-refractivity contribution in [2.45, 2.75) is 32.9 Å². The van der Waals surface area contributed by atoms with Crippen LogP contribution in [0.5, 0.6) is 11.5 Å². The zero-order chi connectivity index (χ0) is 23.0. The summed E-state index contributed by atoms with van der Waals surface area (Å²) in [7, 11) is 0. The number of nitrogens with zero attached hydrogens (tertiary/aromatic N) is 2. The second kappa shape index (κ2) is 10.7. The largest absolute Gasteiger partial charge is 0.494 e. The van der Waals surface area contributed by atoms with E-state index in [1.54, 1.807) is 48.5 Å². The van der Waals surface area contributed by atoms with Gasteiger partial charge < -0.3 is 20.1 Å². The van der Waals surface area contributed by atoms with E-state index >= 15 is 0 Å². The fraction of sp³-hybridized carbons (Fsp3) is 0.304. The van der Waals surface area contributed by atoms with E-state index in [1.807, 2.05) is 13.8 Å². The monoisotopic (exact) mass is 446 g/mol. The molecule has 2 aromatic carbocycles. The summed E-state index contributed by atoms with van der Waals surface area (Å²) in [5.74, 6) is 0.938. The number of halogens is 3. The van der Waals surface area contributed by atoms with Crippen LogP contribution in [0.3, 0.4) is 0 Å². The summed E-state index contributed by atoms with van der Waals surface area (Å²) in [5, 5.41) is 5.66. The molecule has 170 valence electrons. The third-order valence-electron chi connectivity index (χ3n) is 4.25. The second-order valence-electron chi connectivity index (χ2n) is 6.95. The van der Waals surface area contributed by atoms with Gasteiger partial charge in [-0.1, -0.05) is 19.9 Å². The Kier molecular flexibility index (Phi) is 7.75. The summed E-state index contributed by atoms with van der Waals surface area (Å²) < 4.78 is 51.6. The molecule has 6 nitrogen and oxygen atoms in total. The third kappa shape index (κ3) is 6.50. The van der Waals surface area contributed by atoms with Crippen molar-refractivity contribution in [1.29, 1.82) is 0 Å². The number of hydrogen-bond acceptors (Lipinski definition) is 6. The van der Waals surface area contributed by atoms with Crippen LogP contribution in [0.25, 0.3) is 0 Å². The number of aromatic nitrogens is 2. The zero-order valence-corrected chi connectivity index (χ0v) is 17.9. The van der Waals surface area contributed by atoms with Crippen LogP contribution in [-0.4, -0.2) is 23.2 Å². The van der Waals surface area contributed by atoms with E-state index in [0.717, 1.165) is 19.0 Å². The Hall–Kier alpha value is -3.49. The molecule has 0 amide bonds. The number of rotatable bonds is 10. The van der Waals surface area contributed by atoms with Crippen LogP contribution in [0.1, 0.15) is 32.3 Å². The van der Waals surface area contributed by atoms with Gasteiger partial charge >= 0.3 is 6.18 Å². The molecule has 0 spiro atoms. The van der Waals surface area contributed by atoms with Gasteiger partial charge in [-0.2, -0.15) is 18.2 Å². The summed E-state index contributed by atoms with van der Waals surface area (Å²) in [4.78, 5) is 7.90. The molecule has 0 aliphatic rings. The van der Waals surface area contributed by atoms with Gasteiger partial charge in [0.05, 0.1) is 13.2 Å². The minimum atomic E-state index is -4.62. The van der Waals surface area contributed by atoms with Gasteiger partial charge in [0.25, 0.3) is 0 Å². The molecular formula is C23H25F3N4O2. The van der Waals surface area contributed by atoms with Crippen LogP contribution >= 0.6 is 0 Å². The summed E-state index contributed by atoms with van der Waals surface area (Å²) >= 11 is 0. The topological polar surface area (TPSA) is 68.3 Å². The zero-order valence-electron chi connectivity index (χ0n) is 17.9. The maximum Gasteiger partial charge on any atom is 0.421 e. The third-order valence-corrected chi connectivity index (χ3v) is 4.25. The summed E-state index contributed by atoms with van der Waals surface area (Å²) in [6.07, 6.45) is -2.14. The lowest BCUT2D eigenvalue weighted by molar-refractivity contribution is -0.137. The highest BCUT2D eigenvalue weighted by Gasteiger charge is 2.35. The van der Waals surface area contributed by atoms with Gasteiger partial charge in [0.2, 0.25) is 5.95 Å². The van der Waals surface area contributed by atoms with Crippen molar-refractivity contribution in [2.24, 2.45) is 0 Å². The Balaban J connectivity index is 1.82. The van der Waals surface area contributed by atoms with Gasteiger partial charge in [0.15, 0.2) is 0 Å². The Labute approximate surface area is 184 Å². The Morgan fingerprint density at radius 2 is 1.53 bits per heavy atom. The van der Waals surface area contributed by atoms with Crippen LogP contribution in [0, 0.1) is 0 Å². The molecule has 0 fully saturated rings. The summed E-state index contributed by atoms with van der Waals surface area (Å²) in [6, 6.07) is 13.7. The maximum absolute atomic E-state index is 13.5. The highest BCUT2D eigenvalue weighted by atomic mass is 19.4. The first kappa shape index (κ1) is 23.2. The Morgan fingerprint density at radius 3 is 2.19 bits per heavy atom. The highest BCUT2D eigenvalue weighted by Crippen LogP contribution is 2.35. The van der Waals surface area contributed by atoms with Gasteiger partial charge in [0, 0.05) is 23.6 Å². The van der Waals surface area contributed by atoms with Crippen LogP contribution in [0.4, 0.5) is 36.3 Å². The normalized spacial score (nSPS) is 11.2. The number of ether oxygens (including phenoxy) is 2. The van der Waals surface area contributed by atoms with E-state index in [9.17, 15) is 13.2 Å². The standard InChI is InChI=1S/C23H25F3N4O2/c1-3-12-31-18-10-8-16(9-11-18)29-22-27-15-20(23(24,25)26)21(30-22)28-17-6-5-7-19(14-17)32-13-4-2/h5-11,14-15H,3-4,12-13H2,1-2H3,(H2,27,28,29,30). The van der Waals surface area contributed by atoms with E-state index in [-0.39, 0.29) is 11.8 Å². The first-order valence-electron chi connectivity index (χ1n) is 10.3. The van der Waals surface area contributed by atoms with Gasteiger partial charge in [0.1, 0.15) is 22.9 Å². The molecule has 0 radical (unpaired) electrons. The van der Waals surface area contributed by atoms with E-state index in [1.165, 1.54) is 0 Å². The van der Waals surface area contributed by atoms with E-state index in [4.69, 9.17) is 9.47 Å². The molecule has 1 heterocycles. The predicted octanol–water partition coefficient (Wildman–Crippen LogP) is 6.56. The SMILES string of the molecule is CCCOc1ccc(Nc2ncc(C(F)(F)F)c(Nc3cccc(OCCC)c3)n2)cc1. The Bertz CT molecular complexity index is 1010. The quantitative estimate of drug-likeness (QED) is 0.368. The molecule has 9 heteroatoms. The lowest BCUT2D eigenvalue weighted by atomic mass is 10.2. The molecular weight excluding hydrogens is 421 g/mol. The van der Waals surface area contributed by atoms with Gasteiger partial charge in [-0.25, -0.2) is 4.98 Å². The molecule has 0 atom stereocenters. The molecule has 0 aliphatic carbocycles. The van der Waals surface area contributed by atoms with E-state index in [2.05, 4.69) is 20.6 Å². The molecule has 0 aliphatic heterocycles. The molecule has 3 rings (SSSR count). The molecule has 0 saturated heterocycles. The Morgan fingerprint density at radius 1 is 0.844 bits per heavy atom. The van der Waals surface area contributed by atoms with Crippen molar-refractivity contribution >= 4 is 23.1 Å². The van der Waals surface area contributed by atoms with Gasteiger partial charge in [-0.05, 0) is 49.2 Å². The molecule has 0 saturated carbocycles. The van der Waals surface area contributed by atoms with Crippen molar-refractivity contribution in [3.63, 3.8) is 0 Å². The minimum Gasteiger partial charge on any atom is -0.494 e. The number of nitrogens with one attached hydrogen (secondary N) is 2. The fourth-order valence-corrected chi connectivity index (χ4v) is 2.75. The van der Waals surface area contributed by atoms with Crippen molar-refractivity contribution < 1.29 is 22.6 Å². The van der Waals surface area contributed by atoms with E-state index < -0.39 is 11.7 Å². The fourth-order valence-electron chi connectivity index (χ4n) is 2.75. The van der Waals surface area contributed by atoms with Crippen LogP contribution in [0.2, 0.25) is 0 Å². The lowest BCUT2D eigenvalue weighted by Gasteiger charge is -2.15. The summed E-state index contributed by atoms with van der Waals surface area (Å²) in [6.45, 7) is 5.10. The number of hydrogen-bond donors (Lipinski definition) is 2. The first-order chi connectivity index (χ1) is 15.4. The average molecular weight is 446 g/mol. The smallest absolute Gasteiger partial charge is 0.421 e. The predicted molar refractivity (Wildman–Crippen MR) is 118 cm³/mol. The number of alkyl halides is 3. The number of benzene rings is 2. The van der Waals surface area contributed by atoms with Crippen molar-refractivity contribution in [3.8, 4) is 11.5 Å². The van der Waals surface area contributed by atoms with Crippen molar-refractivity contribution in [1.82, 2.24) is 9.97 Å². The minimum absolute atomic E-state index is 0.0288. The molecule has 1 aromatic heterocycles. The van der Waals surface area contributed by atoms with E-state index in [0.29, 0.717) is 36.1 Å². The van der Waals surface area contributed by atoms with Crippen LogP contribution in [-0.2, 0) is 6.18 Å². The summed E-state index contributed by atoms with van der Waals surface area (Å²) in [5.41, 5.74) is 0.0759. The molecule has 0 bridgehead atoms. The van der Waals surface area contributed by atoms with Crippen LogP contribution in [0.15, 0.2) is 54.7 Å².